The van der Waals surface area contributed by atoms with Crippen LogP contribution in [0.3, 0.4) is 0 Å². The summed E-state index contributed by atoms with van der Waals surface area (Å²) in [6.45, 7) is 0.0365. The fourth-order valence-corrected chi connectivity index (χ4v) is 6.95. The minimum atomic E-state index is -5.18. The fourth-order valence-electron chi connectivity index (χ4n) is 2.40. The van der Waals surface area contributed by atoms with E-state index in [0.29, 0.717) is 6.20 Å². The highest BCUT2D eigenvalue weighted by atomic mass is 32.2. The van der Waals surface area contributed by atoms with Crippen LogP contribution < -0.4 is 0 Å². The van der Waals surface area contributed by atoms with Crippen molar-refractivity contribution in [1.29, 1.82) is 0 Å². The Hall–Kier alpha value is -0.920. The summed E-state index contributed by atoms with van der Waals surface area (Å²) < 4.78 is 126. The van der Waals surface area contributed by atoms with Gasteiger partial charge in [0.15, 0.2) is 15.1 Å². The van der Waals surface area contributed by atoms with E-state index >= 15 is 0 Å². The third-order valence-corrected chi connectivity index (χ3v) is 7.88. The normalized spacial score (nSPS) is 23.8. The molecule has 4 N–H and O–H groups in total. The lowest BCUT2D eigenvalue weighted by molar-refractivity contribution is -0.817. The Morgan fingerprint density at radius 1 is 0.923 bits per heavy atom. The van der Waals surface area contributed by atoms with Gasteiger partial charge in [-0.05, 0) is 0 Å². The van der Waals surface area contributed by atoms with E-state index in [1.165, 1.54) is 0 Å². The van der Waals surface area contributed by atoms with Crippen molar-refractivity contribution in [2.24, 2.45) is 0 Å². The molecule has 0 aliphatic carbocycles. The Morgan fingerprint density at radius 2 is 1.38 bits per heavy atom. The van der Waals surface area contributed by atoms with Crippen LogP contribution in [0.1, 0.15) is 6.92 Å². The number of hydrogen-bond donors (Lipinski definition) is 4. The van der Waals surface area contributed by atoms with Gasteiger partial charge < -0.3 is 0 Å². The van der Waals surface area contributed by atoms with Crippen LogP contribution in [0.15, 0.2) is 21.7 Å². The largest absolute Gasteiger partial charge is 0.301 e. The molecule has 0 spiro atoms. The maximum atomic E-state index is 11.5. The lowest BCUT2D eigenvalue weighted by Crippen LogP contribution is -2.47. The maximum absolute atomic E-state index is 11.5. The third-order valence-electron chi connectivity index (χ3n) is 3.66. The van der Waals surface area contributed by atoms with E-state index in [0.717, 1.165) is 14.0 Å². The molecule has 0 saturated heterocycles. The van der Waals surface area contributed by atoms with E-state index in [4.69, 9.17) is 13.7 Å². The van der Waals surface area contributed by atoms with Crippen LogP contribution in [0.2, 0.25) is 0 Å². The third kappa shape index (κ3) is 5.30. The number of quaternary nitrogens is 1. The second kappa shape index (κ2) is 6.60. The van der Waals surface area contributed by atoms with Crippen molar-refractivity contribution in [2.75, 3.05) is 19.3 Å². The molecule has 0 aromatic rings. The molecule has 13 nitrogen and oxygen atoms in total. The Morgan fingerprint density at radius 3 is 1.65 bits per heavy atom. The summed E-state index contributed by atoms with van der Waals surface area (Å²) >= 11 is 0. The molecule has 0 fully saturated rings. The van der Waals surface area contributed by atoms with Gasteiger partial charge in [0.25, 0.3) is 20.2 Å². The molecule has 17 heteroatoms. The fraction of sp³-hybridized carbons (Fsp3) is 0.556. The first-order valence-corrected chi connectivity index (χ1v) is 12.3. The quantitative estimate of drug-likeness (QED) is 0.251. The van der Waals surface area contributed by atoms with Crippen LogP contribution in [0, 0.1) is 0 Å². The molecular weight excluding hydrogens is 442 g/mol. The van der Waals surface area contributed by atoms with Crippen molar-refractivity contribution in [3.8, 4) is 0 Å². The zero-order valence-corrected chi connectivity index (χ0v) is 16.5. The highest BCUT2D eigenvalue weighted by molar-refractivity contribution is 7.95. The first-order valence-electron chi connectivity index (χ1n) is 6.35. The zero-order valence-electron chi connectivity index (χ0n) is 13.2. The average molecular weight is 458 g/mol. The van der Waals surface area contributed by atoms with E-state index in [2.05, 4.69) is 0 Å². The smallest absolute Gasteiger partial charge is 0.286 e. The van der Waals surface area contributed by atoms with Crippen LogP contribution in [0.25, 0.3) is 0 Å². The average Bonchev–Trinajstić information content (AvgIpc) is 2.57. The molecular formula is C9H16NO12S4+. The standard InChI is InChI=1S/C9H15NO12S4/c1-6-9(26(20,21)22)8(25(17,18)19)4-10(6,2)3-7(24(14,15)16)5-23(11,12)13/h4,7H,3,5H2,1-2H3,(H3-,11,12,13,14,15,16,17,18,19,20,21,22)/p+1. The molecule has 0 aromatic carbocycles. The summed E-state index contributed by atoms with van der Waals surface area (Å²) in [6, 6.07) is 0. The van der Waals surface area contributed by atoms with Gasteiger partial charge in [0.1, 0.15) is 24.2 Å². The van der Waals surface area contributed by atoms with Gasteiger partial charge in [-0.25, -0.2) is 0 Å². The predicted octanol–water partition coefficient (Wildman–Crippen LogP) is -1.56. The van der Waals surface area contributed by atoms with E-state index < -0.39 is 78.0 Å². The molecule has 1 aliphatic heterocycles. The van der Waals surface area contributed by atoms with E-state index in [1.807, 2.05) is 0 Å². The van der Waals surface area contributed by atoms with E-state index in [1.54, 1.807) is 0 Å². The topological polar surface area (TPSA) is 217 Å². The van der Waals surface area contributed by atoms with Crippen LogP contribution in [0.4, 0.5) is 0 Å². The first kappa shape index (κ1) is 23.1. The van der Waals surface area contributed by atoms with E-state index in [-0.39, 0.29) is 0 Å². The maximum Gasteiger partial charge on any atom is 0.301 e. The Bertz CT molecular complexity index is 1090. The van der Waals surface area contributed by atoms with Crippen molar-refractivity contribution >= 4 is 40.5 Å². The number of rotatable bonds is 7. The summed E-state index contributed by atoms with van der Waals surface area (Å²) in [6.07, 6.45) is 0.552. The van der Waals surface area contributed by atoms with Gasteiger partial charge in [0.2, 0.25) is 0 Å². The highest BCUT2D eigenvalue weighted by Crippen LogP contribution is 2.38. The van der Waals surface area contributed by atoms with Crippen molar-refractivity contribution in [3.05, 3.63) is 21.7 Å². The highest BCUT2D eigenvalue weighted by Gasteiger charge is 2.48. The van der Waals surface area contributed by atoms with Crippen molar-refractivity contribution < 1.29 is 56.4 Å². The van der Waals surface area contributed by atoms with Gasteiger partial charge in [-0.2, -0.15) is 33.7 Å². The molecule has 1 aliphatic rings. The summed E-state index contributed by atoms with van der Waals surface area (Å²) in [5.41, 5.74) is -0.482. The Labute approximate surface area is 150 Å². The van der Waals surface area contributed by atoms with Crippen LogP contribution in [-0.2, 0) is 40.5 Å². The molecule has 0 aromatic heterocycles. The second-order valence-electron chi connectivity index (χ2n) is 5.69. The number of hydrogen-bond acceptors (Lipinski definition) is 8. The minimum absolute atomic E-state index is 0.482. The summed E-state index contributed by atoms with van der Waals surface area (Å²) in [5, 5.41) is -2.18. The number of nitrogens with zero attached hydrogens (tertiary/aromatic N) is 1. The second-order valence-corrected chi connectivity index (χ2v) is 11.6. The van der Waals surface area contributed by atoms with Crippen molar-refractivity contribution in [1.82, 2.24) is 0 Å². The SMILES string of the molecule is CC1=C(S(=O)(=O)O)C(S(=O)(=O)O)=C[N+]1(C)CC(CS(=O)(=O)O)S(=O)(=O)O. The van der Waals surface area contributed by atoms with Crippen molar-refractivity contribution in [2.45, 2.75) is 12.2 Å². The van der Waals surface area contributed by atoms with Gasteiger partial charge in [-0.1, -0.05) is 0 Å². The minimum Gasteiger partial charge on any atom is -0.286 e. The summed E-state index contributed by atoms with van der Waals surface area (Å²) in [4.78, 5) is -2.47. The molecule has 152 valence electrons. The Balaban J connectivity index is 3.65. The first-order chi connectivity index (χ1) is 11.2. The van der Waals surface area contributed by atoms with E-state index in [9.17, 15) is 38.2 Å². The van der Waals surface area contributed by atoms with Crippen LogP contribution in [0.5, 0.6) is 0 Å². The summed E-state index contributed by atoms with van der Waals surface area (Å²) in [7, 11) is -19.3. The molecule has 26 heavy (non-hydrogen) atoms. The van der Waals surface area contributed by atoms with Gasteiger partial charge in [0.05, 0.1) is 7.05 Å². The van der Waals surface area contributed by atoms with Gasteiger partial charge in [-0.3, -0.25) is 22.7 Å². The lowest BCUT2D eigenvalue weighted by Gasteiger charge is -2.30. The molecule has 1 rings (SSSR count). The Kier molecular flexibility index (Phi) is 5.87. The van der Waals surface area contributed by atoms with Gasteiger partial charge in [0, 0.05) is 6.92 Å². The zero-order chi connectivity index (χ0) is 20.9. The van der Waals surface area contributed by atoms with Crippen LogP contribution in [-0.4, -0.2) is 81.0 Å². The molecule has 1 heterocycles. The summed E-state index contributed by atoms with van der Waals surface area (Å²) in [5.74, 6) is -1.47. The lowest BCUT2D eigenvalue weighted by atomic mass is 10.3. The van der Waals surface area contributed by atoms with Crippen molar-refractivity contribution in [3.63, 3.8) is 0 Å². The molecule has 0 bridgehead atoms. The molecule has 0 radical (unpaired) electrons. The van der Waals surface area contributed by atoms with Gasteiger partial charge in [-0.15, -0.1) is 0 Å². The molecule has 2 atom stereocenters. The molecule has 0 saturated carbocycles. The number of allylic oxidation sites excluding steroid dienone is 1. The predicted molar refractivity (Wildman–Crippen MR) is 86.7 cm³/mol. The molecule has 0 amide bonds. The monoisotopic (exact) mass is 458 g/mol. The van der Waals surface area contributed by atoms with Crippen LogP contribution >= 0.6 is 0 Å². The molecule has 2 unspecified atom stereocenters. The van der Waals surface area contributed by atoms with Gasteiger partial charge >= 0.3 is 20.2 Å².